The molecule has 0 aliphatic carbocycles. The van der Waals surface area contributed by atoms with E-state index in [1.165, 1.54) is 25.4 Å². The zero-order valence-corrected chi connectivity index (χ0v) is 9.55. The fourth-order valence-corrected chi connectivity index (χ4v) is 1.27. The molecular weight excluding hydrogens is 239 g/mol. The predicted molar refractivity (Wildman–Crippen MR) is 61.5 cm³/mol. The molecule has 18 heavy (non-hydrogen) atoms. The number of ether oxygens (including phenoxy) is 1. The first-order valence-electron chi connectivity index (χ1n) is 5.24. The number of aromatic amines is 1. The van der Waals surface area contributed by atoms with Gasteiger partial charge in [0, 0.05) is 0 Å². The summed E-state index contributed by atoms with van der Waals surface area (Å²) in [5, 5.41) is 8.50. The van der Waals surface area contributed by atoms with Crippen LogP contribution in [0.2, 0.25) is 0 Å². The third-order valence-electron chi connectivity index (χ3n) is 2.17. The summed E-state index contributed by atoms with van der Waals surface area (Å²) in [6.45, 7) is 1.51. The van der Waals surface area contributed by atoms with E-state index < -0.39 is 17.8 Å². The monoisotopic (exact) mass is 250 g/mol. The van der Waals surface area contributed by atoms with Gasteiger partial charge in [0.1, 0.15) is 6.33 Å². The first-order chi connectivity index (χ1) is 8.66. The van der Waals surface area contributed by atoms with Gasteiger partial charge in [0.15, 0.2) is 17.7 Å². The fraction of sp³-hybridized carbons (Fsp3) is 0.182. The van der Waals surface area contributed by atoms with Crippen molar-refractivity contribution in [1.82, 2.24) is 15.2 Å². The van der Waals surface area contributed by atoms with Crippen LogP contribution in [0.15, 0.2) is 30.6 Å². The van der Waals surface area contributed by atoms with Gasteiger partial charge < -0.3 is 4.74 Å². The average molecular weight is 250 g/mol. The molecule has 2 aromatic rings. The Morgan fingerprint density at radius 2 is 2.28 bits per heavy atom. The van der Waals surface area contributed by atoms with Crippen molar-refractivity contribution in [2.45, 2.75) is 13.0 Å². The molecule has 2 N–H and O–H groups in total. The van der Waals surface area contributed by atoms with E-state index in [4.69, 9.17) is 4.74 Å². The number of rotatable bonds is 4. The smallest absolute Gasteiger partial charge is 0.267 e. The van der Waals surface area contributed by atoms with Gasteiger partial charge in [0.05, 0.1) is 0 Å². The Hall–Kier alpha value is -2.44. The number of halogens is 1. The van der Waals surface area contributed by atoms with Gasteiger partial charge in [-0.05, 0) is 19.1 Å². The number of carbonyl (C=O) groups excluding carboxylic acids is 1. The number of aromatic nitrogens is 3. The summed E-state index contributed by atoms with van der Waals surface area (Å²) in [4.78, 5) is 15.4. The van der Waals surface area contributed by atoms with Crippen molar-refractivity contribution in [2.24, 2.45) is 0 Å². The predicted octanol–water partition coefficient (Wildman–Crippen LogP) is 1.35. The van der Waals surface area contributed by atoms with Crippen LogP contribution in [0, 0.1) is 5.82 Å². The van der Waals surface area contributed by atoms with Crippen LogP contribution in [0.3, 0.4) is 0 Å². The Bertz CT molecular complexity index is 530. The van der Waals surface area contributed by atoms with Crippen LogP contribution in [0.1, 0.15) is 6.92 Å². The maximum Gasteiger partial charge on any atom is 0.267 e. The number of hydrogen-bond acceptors (Lipinski definition) is 4. The van der Waals surface area contributed by atoms with Gasteiger partial charge in [0.2, 0.25) is 5.95 Å². The number of para-hydroxylation sites is 1. The summed E-state index contributed by atoms with van der Waals surface area (Å²) < 4.78 is 18.5. The maximum absolute atomic E-state index is 13.3. The van der Waals surface area contributed by atoms with Crippen LogP contribution in [0.25, 0.3) is 0 Å². The summed E-state index contributed by atoms with van der Waals surface area (Å²) in [5.74, 6) is -0.728. The Balaban J connectivity index is 1.97. The number of hydrogen-bond donors (Lipinski definition) is 2. The second-order valence-corrected chi connectivity index (χ2v) is 3.51. The SMILES string of the molecule is C[C@@H](Oc1ccccc1F)C(=O)Nc1ncn[nH]1. The number of nitrogens with zero attached hydrogens (tertiary/aromatic N) is 2. The lowest BCUT2D eigenvalue weighted by Crippen LogP contribution is -2.30. The summed E-state index contributed by atoms with van der Waals surface area (Å²) in [6, 6.07) is 5.88. The standard InChI is InChI=1S/C11H11FN4O2/c1-7(10(17)15-11-13-6-14-16-11)18-9-5-3-2-4-8(9)12/h2-7H,1H3,(H2,13,14,15,16,17)/t7-/m1/s1. The third-order valence-corrected chi connectivity index (χ3v) is 2.17. The second-order valence-electron chi connectivity index (χ2n) is 3.51. The highest BCUT2D eigenvalue weighted by molar-refractivity contribution is 5.92. The summed E-state index contributed by atoms with van der Waals surface area (Å²) >= 11 is 0. The molecule has 0 spiro atoms. The minimum atomic E-state index is -0.855. The normalized spacial score (nSPS) is 11.9. The molecule has 2 rings (SSSR count). The molecule has 0 aliphatic rings. The van der Waals surface area contributed by atoms with Gasteiger partial charge in [-0.25, -0.2) is 9.49 Å². The van der Waals surface area contributed by atoms with Crippen molar-refractivity contribution < 1.29 is 13.9 Å². The van der Waals surface area contributed by atoms with E-state index in [0.29, 0.717) is 0 Å². The average Bonchev–Trinajstić information content (AvgIpc) is 2.84. The number of carbonyl (C=O) groups is 1. The molecule has 6 nitrogen and oxygen atoms in total. The molecule has 0 aliphatic heterocycles. The summed E-state index contributed by atoms with van der Waals surface area (Å²) in [6.07, 6.45) is 0.407. The van der Waals surface area contributed by atoms with E-state index >= 15 is 0 Å². The molecule has 1 aromatic heterocycles. The third kappa shape index (κ3) is 2.82. The first-order valence-corrected chi connectivity index (χ1v) is 5.24. The molecule has 0 saturated carbocycles. The number of anilines is 1. The van der Waals surface area contributed by atoms with Gasteiger partial charge in [-0.3, -0.25) is 10.1 Å². The molecule has 0 fully saturated rings. The Morgan fingerprint density at radius 1 is 1.50 bits per heavy atom. The topological polar surface area (TPSA) is 79.9 Å². The molecule has 1 heterocycles. The molecule has 94 valence electrons. The lowest BCUT2D eigenvalue weighted by Gasteiger charge is -2.13. The van der Waals surface area contributed by atoms with E-state index in [2.05, 4.69) is 20.5 Å². The quantitative estimate of drug-likeness (QED) is 0.858. The van der Waals surface area contributed by atoms with Gasteiger partial charge in [0.25, 0.3) is 5.91 Å². The van der Waals surface area contributed by atoms with Gasteiger partial charge in [-0.2, -0.15) is 10.1 Å². The second kappa shape index (κ2) is 5.26. The highest BCUT2D eigenvalue weighted by atomic mass is 19.1. The Labute approximate surface area is 102 Å². The highest BCUT2D eigenvalue weighted by Crippen LogP contribution is 2.17. The van der Waals surface area contributed by atoms with Crippen LogP contribution in [-0.4, -0.2) is 27.2 Å². The van der Waals surface area contributed by atoms with Crippen molar-refractivity contribution in [1.29, 1.82) is 0 Å². The molecule has 1 aromatic carbocycles. The largest absolute Gasteiger partial charge is 0.478 e. The number of H-pyrrole nitrogens is 1. The van der Waals surface area contributed by atoms with Gasteiger partial charge in [-0.1, -0.05) is 12.1 Å². The van der Waals surface area contributed by atoms with Crippen LogP contribution >= 0.6 is 0 Å². The zero-order valence-electron chi connectivity index (χ0n) is 9.55. The highest BCUT2D eigenvalue weighted by Gasteiger charge is 2.17. The summed E-state index contributed by atoms with van der Waals surface area (Å²) in [5.41, 5.74) is 0. The minimum absolute atomic E-state index is 0.0257. The van der Waals surface area contributed by atoms with Crippen LogP contribution in [0.5, 0.6) is 5.75 Å². The van der Waals surface area contributed by atoms with Crippen molar-refractivity contribution in [3.63, 3.8) is 0 Å². The first kappa shape index (κ1) is 12.0. The van der Waals surface area contributed by atoms with E-state index in [1.54, 1.807) is 12.1 Å². The van der Waals surface area contributed by atoms with Crippen LogP contribution < -0.4 is 10.1 Å². The van der Waals surface area contributed by atoms with E-state index in [-0.39, 0.29) is 11.7 Å². The summed E-state index contributed by atoms with van der Waals surface area (Å²) in [7, 11) is 0. The lowest BCUT2D eigenvalue weighted by molar-refractivity contribution is -0.122. The minimum Gasteiger partial charge on any atom is -0.478 e. The molecule has 0 saturated heterocycles. The molecule has 0 bridgehead atoms. The van der Waals surface area contributed by atoms with E-state index in [9.17, 15) is 9.18 Å². The van der Waals surface area contributed by atoms with Crippen LogP contribution in [0.4, 0.5) is 10.3 Å². The maximum atomic E-state index is 13.3. The van der Waals surface area contributed by atoms with Crippen molar-refractivity contribution in [3.05, 3.63) is 36.4 Å². The van der Waals surface area contributed by atoms with Gasteiger partial charge in [-0.15, -0.1) is 0 Å². The zero-order chi connectivity index (χ0) is 13.0. The fourth-order valence-electron chi connectivity index (χ4n) is 1.27. The molecule has 0 radical (unpaired) electrons. The number of benzene rings is 1. The molecular formula is C11H11FN4O2. The van der Waals surface area contributed by atoms with Crippen molar-refractivity contribution in [3.8, 4) is 5.75 Å². The Kier molecular flexibility index (Phi) is 3.52. The van der Waals surface area contributed by atoms with Crippen LogP contribution in [-0.2, 0) is 4.79 Å². The molecule has 7 heteroatoms. The van der Waals surface area contributed by atoms with E-state index in [0.717, 1.165) is 0 Å². The number of nitrogens with one attached hydrogen (secondary N) is 2. The lowest BCUT2D eigenvalue weighted by atomic mass is 10.3. The Morgan fingerprint density at radius 3 is 2.94 bits per heavy atom. The molecule has 1 amide bonds. The van der Waals surface area contributed by atoms with E-state index in [1.807, 2.05) is 0 Å². The molecule has 0 unspecified atom stereocenters. The number of amides is 1. The van der Waals surface area contributed by atoms with Crippen molar-refractivity contribution >= 4 is 11.9 Å². The van der Waals surface area contributed by atoms with Crippen molar-refractivity contribution in [2.75, 3.05) is 5.32 Å². The van der Waals surface area contributed by atoms with Gasteiger partial charge >= 0.3 is 0 Å². The molecule has 1 atom stereocenters.